The fourth-order valence-electron chi connectivity index (χ4n) is 10.8. The lowest BCUT2D eigenvalue weighted by Gasteiger charge is -2.73. The molecule has 0 spiro atoms. The van der Waals surface area contributed by atoms with E-state index in [-0.39, 0.29) is 18.6 Å². The van der Waals surface area contributed by atoms with E-state index in [4.69, 9.17) is 23.4 Å². The van der Waals surface area contributed by atoms with Crippen molar-refractivity contribution >= 4 is 29.5 Å². The SMILES string of the molecule is CC(=O)O[C@H]1[C@@H](OC(C)=O)[C@@]2(C)C(OC(=O)C(C)C)OC[C@]3([C@H]1O)[C@H]2C[C@@H](O)[C@@]1(C)[C@H]2C(=O)C[C@@H](c4ccoc4)[C@@]2(C)[C@@H](O)C(=O)[C@@H]13. The molecule has 5 aliphatic rings. The van der Waals surface area contributed by atoms with Crippen molar-refractivity contribution in [1.29, 1.82) is 0 Å². The summed E-state index contributed by atoms with van der Waals surface area (Å²) in [4.78, 5) is 67.0. The van der Waals surface area contributed by atoms with Crippen LogP contribution < -0.4 is 0 Å². The van der Waals surface area contributed by atoms with Gasteiger partial charge < -0.3 is 38.7 Å². The van der Waals surface area contributed by atoms with Crippen LogP contribution in [0.15, 0.2) is 23.0 Å². The Balaban J connectivity index is 1.57. The molecule has 6 rings (SSSR count). The summed E-state index contributed by atoms with van der Waals surface area (Å²) < 4.78 is 28.8. The van der Waals surface area contributed by atoms with E-state index in [1.165, 1.54) is 12.5 Å². The van der Waals surface area contributed by atoms with Gasteiger partial charge >= 0.3 is 17.9 Å². The first kappa shape index (κ1) is 33.8. The van der Waals surface area contributed by atoms with Crippen LogP contribution in [0.2, 0.25) is 0 Å². The van der Waals surface area contributed by atoms with Gasteiger partial charge in [-0.05, 0) is 30.9 Å². The van der Waals surface area contributed by atoms with Crippen molar-refractivity contribution in [3.05, 3.63) is 24.2 Å². The second kappa shape index (κ2) is 10.9. The van der Waals surface area contributed by atoms with Gasteiger partial charge in [0.15, 0.2) is 18.0 Å². The Morgan fingerprint density at radius 2 is 1.60 bits per heavy atom. The van der Waals surface area contributed by atoms with E-state index in [1.54, 1.807) is 40.7 Å². The van der Waals surface area contributed by atoms with E-state index in [0.717, 1.165) is 13.8 Å². The number of ether oxygens (including phenoxy) is 4. The summed E-state index contributed by atoms with van der Waals surface area (Å²) in [5.41, 5.74) is -5.50. The predicted molar refractivity (Wildman–Crippen MR) is 158 cm³/mol. The minimum atomic E-state index is -1.73. The topological polar surface area (TPSA) is 196 Å². The summed E-state index contributed by atoms with van der Waals surface area (Å²) in [6, 6.07) is 1.69. The number of hydrogen-bond donors (Lipinski definition) is 3. The summed E-state index contributed by atoms with van der Waals surface area (Å²) in [6.07, 6.45) is -6.38. The predicted octanol–water partition coefficient (Wildman–Crippen LogP) is 1.69. The molecular weight excluding hydrogens is 616 g/mol. The van der Waals surface area contributed by atoms with Crippen molar-refractivity contribution in [2.75, 3.05) is 6.61 Å². The van der Waals surface area contributed by atoms with E-state index in [2.05, 4.69) is 0 Å². The molecule has 4 saturated carbocycles. The number of esters is 3. The number of ketones is 2. The second-order valence-corrected chi connectivity index (χ2v) is 15.2. The van der Waals surface area contributed by atoms with Gasteiger partial charge in [-0.15, -0.1) is 0 Å². The van der Waals surface area contributed by atoms with Crippen LogP contribution in [-0.4, -0.2) is 88.2 Å². The van der Waals surface area contributed by atoms with Crippen LogP contribution in [0.1, 0.15) is 72.8 Å². The van der Waals surface area contributed by atoms with Gasteiger partial charge in [0, 0.05) is 54.3 Å². The highest BCUT2D eigenvalue weighted by molar-refractivity contribution is 5.96. The van der Waals surface area contributed by atoms with Crippen LogP contribution in [0, 0.1) is 45.3 Å². The third-order valence-corrected chi connectivity index (χ3v) is 12.6. The number of hydrogen-bond acceptors (Lipinski definition) is 13. The first-order valence-electron chi connectivity index (χ1n) is 16.2. The maximum Gasteiger partial charge on any atom is 0.310 e. The average Bonchev–Trinajstić information content (AvgIpc) is 3.61. The quantitative estimate of drug-likeness (QED) is 0.305. The van der Waals surface area contributed by atoms with Crippen molar-refractivity contribution in [3.63, 3.8) is 0 Å². The van der Waals surface area contributed by atoms with Crippen molar-refractivity contribution in [2.45, 2.75) is 104 Å². The number of furan rings is 1. The molecule has 3 N–H and O–H groups in total. The molecule has 2 bridgehead atoms. The molecule has 1 aromatic rings. The third kappa shape index (κ3) is 4.25. The number of aliphatic hydroxyl groups excluding tert-OH is 3. The Labute approximate surface area is 272 Å². The van der Waals surface area contributed by atoms with Gasteiger partial charge in [0.2, 0.25) is 6.29 Å². The summed E-state index contributed by atoms with van der Waals surface area (Å²) in [5.74, 6) is -7.73. The summed E-state index contributed by atoms with van der Waals surface area (Å²) >= 11 is 0. The molecule has 14 atom stereocenters. The van der Waals surface area contributed by atoms with Crippen LogP contribution >= 0.6 is 0 Å². The Morgan fingerprint density at radius 3 is 2.17 bits per heavy atom. The highest BCUT2D eigenvalue weighted by Gasteiger charge is 2.83. The molecule has 1 aromatic heterocycles. The minimum absolute atomic E-state index is 0.00884. The van der Waals surface area contributed by atoms with E-state index >= 15 is 0 Å². The lowest BCUT2D eigenvalue weighted by molar-refractivity contribution is -0.389. The first-order chi connectivity index (χ1) is 21.9. The van der Waals surface area contributed by atoms with Crippen molar-refractivity contribution in [3.8, 4) is 0 Å². The molecule has 0 aromatic carbocycles. The fraction of sp³-hybridized carbons (Fsp3) is 0.735. The highest BCUT2D eigenvalue weighted by atomic mass is 16.7. The Kier molecular flexibility index (Phi) is 7.86. The van der Waals surface area contributed by atoms with Gasteiger partial charge in [-0.25, -0.2) is 0 Å². The molecule has 0 amide bonds. The molecule has 1 saturated heterocycles. The van der Waals surface area contributed by atoms with Crippen molar-refractivity contribution in [2.24, 2.45) is 45.3 Å². The Bertz CT molecular complexity index is 1490. The van der Waals surface area contributed by atoms with Gasteiger partial charge in [-0.2, -0.15) is 0 Å². The van der Waals surface area contributed by atoms with Gasteiger partial charge in [0.25, 0.3) is 0 Å². The molecular formula is C34H44O13. The lowest BCUT2D eigenvalue weighted by atomic mass is 9.33. The second-order valence-electron chi connectivity index (χ2n) is 15.2. The molecule has 5 fully saturated rings. The standard InChI is InChI=1S/C34H44O13/c1-14(2)29(42)47-30-32(6)20-11-21(38)33(7)24-19(37)10-18(17-8-9-43-12-17)31(24,5)26(40)22(39)25(33)34(20,13-44-30)27(41)23(45-15(3)35)28(32)46-16(4)36/h8-9,12,14,18,20-21,23-28,30,38,40-41H,10-11,13H2,1-7H3/t18-,20-,21+,23+,24-,25-,26-,27-,28+,30?,31+,32-,33-,34-/m0/s1. The summed E-state index contributed by atoms with van der Waals surface area (Å²) in [6.45, 7) is 10.0. The first-order valence-corrected chi connectivity index (χ1v) is 16.2. The number of aliphatic hydroxyl groups is 3. The number of carbonyl (C=O) groups is 5. The Morgan fingerprint density at radius 1 is 0.936 bits per heavy atom. The molecule has 47 heavy (non-hydrogen) atoms. The maximum absolute atomic E-state index is 14.9. The van der Waals surface area contributed by atoms with E-state index < -0.39 is 118 Å². The van der Waals surface area contributed by atoms with Gasteiger partial charge in [0.1, 0.15) is 18.0 Å². The zero-order valence-corrected chi connectivity index (χ0v) is 27.6. The molecule has 1 aliphatic heterocycles. The van der Waals surface area contributed by atoms with E-state index in [9.17, 15) is 39.3 Å². The van der Waals surface area contributed by atoms with E-state index in [1.807, 2.05) is 0 Å². The van der Waals surface area contributed by atoms with Crippen molar-refractivity contribution < 1.29 is 62.7 Å². The number of carbonyl (C=O) groups excluding carboxylic acids is 5. The highest BCUT2D eigenvalue weighted by Crippen LogP contribution is 2.75. The van der Waals surface area contributed by atoms with Crippen LogP contribution in [0.4, 0.5) is 0 Å². The van der Waals surface area contributed by atoms with Crippen LogP contribution in [0.5, 0.6) is 0 Å². The monoisotopic (exact) mass is 660 g/mol. The molecule has 1 unspecified atom stereocenters. The molecule has 13 nitrogen and oxygen atoms in total. The van der Waals surface area contributed by atoms with Crippen LogP contribution in [0.25, 0.3) is 0 Å². The fourth-order valence-corrected chi connectivity index (χ4v) is 10.8. The summed E-state index contributed by atoms with van der Waals surface area (Å²) in [5, 5.41) is 36.7. The van der Waals surface area contributed by atoms with Crippen molar-refractivity contribution in [1.82, 2.24) is 0 Å². The molecule has 13 heteroatoms. The zero-order chi connectivity index (χ0) is 34.6. The minimum Gasteiger partial charge on any atom is -0.472 e. The van der Waals surface area contributed by atoms with E-state index in [0.29, 0.717) is 5.56 Å². The summed E-state index contributed by atoms with van der Waals surface area (Å²) in [7, 11) is 0. The molecule has 0 radical (unpaired) electrons. The van der Waals surface area contributed by atoms with Crippen LogP contribution in [-0.2, 0) is 42.9 Å². The number of fused-ring (bicyclic) bond motifs is 3. The van der Waals surface area contributed by atoms with Crippen LogP contribution in [0.3, 0.4) is 0 Å². The molecule has 4 aliphatic carbocycles. The lowest BCUT2D eigenvalue weighted by Crippen LogP contribution is -2.83. The van der Waals surface area contributed by atoms with Gasteiger partial charge in [-0.3, -0.25) is 24.0 Å². The number of Topliss-reactive ketones (excluding diaryl/α,β-unsaturated/α-hetero) is 2. The zero-order valence-electron chi connectivity index (χ0n) is 27.6. The van der Waals surface area contributed by atoms with Gasteiger partial charge in [-0.1, -0.05) is 27.7 Å². The molecule has 2 heterocycles. The Hall–Kier alpha value is -3.13. The average molecular weight is 661 g/mol. The largest absolute Gasteiger partial charge is 0.472 e. The maximum atomic E-state index is 14.9. The van der Waals surface area contributed by atoms with Gasteiger partial charge in [0.05, 0.1) is 36.6 Å². The smallest absolute Gasteiger partial charge is 0.310 e. The number of rotatable bonds is 5. The normalized spacial score (nSPS) is 47.0. The molecule has 258 valence electrons. The third-order valence-electron chi connectivity index (χ3n) is 12.6.